The average Bonchev–Trinajstić information content (AvgIpc) is 2.53. The lowest BCUT2D eigenvalue weighted by atomic mass is 10.1. The summed E-state index contributed by atoms with van der Waals surface area (Å²) in [6.07, 6.45) is 9.23. The third-order valence-corrected chi connectivity index (χ3v) is 3.69. The van der Waals surface area contributed by atoms with E-state index in [2.05, 4.69) is 60.5 Å². The van der Waals surface area contributed by atoms with Crippen LogP contribution in [0.4, 0.5) is 11.5 Å². The molecule has 1 heterocycles. The molecule has 0 bridgehead atoms. The maximum atomic E-state index is 4.49. The quantitative estimate of drug-likeness (QED) is 0.690. The van der Waals surface area contributed by atoms with Crippen LogP contribution in [-0.4, -0.2) is 4.98 Å². The van der Waals surface area contributed by atoms with Crippen LogP contribution in [0.15, 0.2) is 42.6 Å². The standard InChI is InChI=1S/C19H26N2/c1-3-5-7-16-9-12-18(13-10-16)21-19-14-11-17(15-20-19)8-6-4-2/h9-15H,3-8H2,1-2H3,(H,20,21). The van der Waals surface area contributed by atoms with E-state index >= 15 is 0 Å². The zero-order valence-electron chi connectivity index (χ0n) is 13.2. The molecule has 0 atom stereocenters. The molecule has 2 heteroatoms. The number of aryl methyl sites for hydroxylation is 2. The van der Waals surface area contributed by atoms with E-state index < -0.39 is 0 Å². The van der Waals surface area contributed by atoms with E-state index in [1.807, 2.05) is 6.20 Å². The van der Waals surface area contributed by atoms with Crippen molar-refractivity contribution in [1.29, 1.82) is 0 Å². The van der Waals surface area contributed by atoms with Crippen LogP contribution in [-0.2, 0) is 12.8 Å². The number of benzene rings is 1. The van der Waals surface area contributed by atoms with Crippen molar-refractivity contribution < 1.29 is 0 Å². The van der Waals surface area contributed by atoms with Crippen LogP contribution in [0.3, 0.4) is 0 Å². The summed E-state index contributed by atoms with van der Waals surface area (Å²) in [6.45, 7) is 4.44. The number of hydrogen-bond donors (Lipinski definition) is 1. The van der Waals surface area contributed by atoms with Gasteiger partial charge in [0.2, 0.25) is 0 Å². The fourth-order valence-electron chi connectivity index (χ4n) is 2.31. The number of anilines is 2. The van der Waals surface area contributed by atoms with E-state index in [4.69, 9.17) is 0 Å². The van der Waals surface area contributed by atoms with Gasteiger partial charge in [0.1, 0.15) is 5.82 Å². The summed E-state index contributed by atoms with van der Waals surface area (Å²) in [4.78, 5) is 4.49. The molecule has 0 saturated carbocycles. The highest BCUT2D eigenvalue weighted by atomic mass is 15.0. The molecule has 0 unspecified atom stereocenters. The number of hydrogen-bond acceptors (Lipinski definition) is 2. The Labute approximate surface area is 128 Å². The van der Waals surface area contributed by atoms with Gasteiger partial charge in [0, 0.05) is 11.9 Å². The number of pyridine rings is 1. The fraction of sp³-hybridized carbons (Fsp3) is 0.421. The summed E-state index contributed by atoms with van der Waals surface area (Å²) in [5, 5.41) is 3.36. The molecule has 0 aliphatic rings. The first-order valence-electron chi connectivity index (χ1n) is 8.12. The minimum Gasteiger partial charge on any atom is -0.340 e. The van der Waals surface area contributed by atoms with Gasteiger partial charge in [-0.05, 0) is 55.0 Å². The molecule has 0 spiro atoms. The Hall–Kier alpha value is -1.83. The van der Waals surface area contributed by atoms with Crippen molar-refractivity contribution in [3.05, 3.63) is 53.7 Å². The van der Waals surface area contributed by atoms with Gasteiger partial charge in [-0.15, -0.1) is 0 Å². The third kappa shape index (κ3) is 5.22. The summed E-state index contributed by atoms with van der Waals surface area (Å²) < 4.78 is 0. The van der Waals surface area contributed by atoms with Crippen LogP contribution in [0.25, 0.3) is 0 Å². The largest absolute Gasteiger partial charge is 0.340 e. The van der Waals surface area contributed by atoms with E-state index in [9.17, 15) is 0 Å². The SMILES string of the molecule is CCCCc1ccc(Nc2ccc(CCCC)cn2)cc1. The second-order valence-electron chi connectivity index (χ2n) is 5.58. The van der Waals surface area contributed by atoms with Gasteiger partial charge in [0.15, 0.2) is 0 Å². The van der Waals surface area contributed by atoms with Gasteiger partial charge < -0.3 is 5.32 Å². The molecule has 2 aromatic rings. The third-order valence-electron chi connectivity index (χ3n) is 3.69. The van der Waals surface area contributed by atoms with E-state index in [1.165, 1.54) is 43.2 Å². The van der Waals surface area contributed by atoms with Gasteiger partial charge in [0.25, 0.3) is 0 Å². The van der Waals surface area contributed by atoms with Crippen molar-refractivity contribution in [2.24, 2.45) is 0 Å². The van der Waals surface area contributed by atoms with E-state index in [0.717, 1.165) is 17.9 Å². The van der Waals surface area contributed by atoms with Gasteiger partial charge in [-0.25, -0.2) is 4.98 Å². The van der Waals surface area contributed by atoms with E-state index in [0.29, 0.717) is 0 Å². The second-order valence-corrected chi connectivity index (χ2v) is 5.58. The van der Waals surface area contributed by atoms with Gasteiger partial charge in [-0.3, -0.25) is 0 Å². The molecule has 2 nitrogen and oxygen atoms in total. The number of unbranched alkanes of at least 4 members (excludes halogenated alkanes) is 2. The van der Waals surface area contributed by atoms with Crippen LogP contribution >= 0.6 is 0 Å². The van der Waals surface area contributed by atoms with Gasteiger partial charge in [-0.2, -0.15) is 0 Å². The Morgan fingerprint density at radius 2 is 1.43 bits per heavy atom. The van der Waals surface area contributed by atoms with Crippen molar-refractivity contribution in [1.82, 2.24) is 4.98 Å². The highest BCUT2D eigenvalue weighted by Crippen LogP contribution is 2.17. The molecule has 2 rings (SSSR count). The Bertz CT molecular complexity index is 465. The van der Waals surface area contributed by atoms with Crippen molar-refractivity contribution in [3.8, 4) is 0 Å². The Morgan fingerprint density at radius 1 is 0.810 bits per heavy atom. The zero-order chi connectivity index (χ0) is 14.9. The van der Waals surface area contributed by atoms with E-state index in [-0.39, 0.29) is 0 Å². The summed E-state index contributed by atoms with van der Waals surface area (Å²) >= 11 is 0. The molecule has 1 N–H and O–H groups in total. The maximum absolute atomic E-state index is 4.49. The average molecular weight is 282 g/mol. The maximum Gasteiger partial charge on any atom is 0.130 e. The predicted molar refractivity (Wildman–Crippen MR) is 91.2 cm³/mol. The first kappa shape index (κ1) is 15.6. The lowest BCUT2D eigenvalue weighted by Crippen LogP contribution is -1.95. The van der Waals surface area contributed by atoms with Crippen molar-refractivity contribution >= 4 is 11.5 Å². The summed E-state index contributed by atoms with van der Waals surface area (Å²) in [6, 6.07) is 12.9. The van der Waals surface area contributed by atoms with Gasteiger partial charge in [-0.1, -0.05) is 44.9 Å². The van der Waals surface area contributed by atoms with Crippen LogP contribution < -0.4 is 5.32 Å². The van der Waals surface area contributed by atoms with Crippen molar-refractivity contribution in [2.45, 2.75) is 52.4 Å². The van der Waals surface area contributed by atoms with Crippen molar-refractivity contribution in [2.75, 3.05) is 5.32 Å². The van der Waals surface area contributed by atoms with Crippen LogP contribution in [0.1, 0.15) is 50.7 Å². The molecule has 1 aromatic carbocycles. The Balaban J connectivity index is 1.91. The fourth-order valence-corrected chi connectivity index (χ4v) is 2.31. The zero-order valence-corrected chi connectivity index (χ0v) is 13.2. The summed E-state index contributed by atoms with van der Waals surface area (Å²) in [7, 11) is 0. The lowest BCUT2D eigenvalue weighted by Gasteiger charge is -2.08. The molecule has 0 aliphatic heterocycles. The van der Waals surface area contributed by atoms with Crippen LogP contribution in [0.5, 0.6) is 0 Å². The van der Waals surface area contributed by atoms with Crippen LogP contribution in [0.2, 0.25) is 0 Å². The molecule has 21 heavy (non-hydrogen) atoms. The van der Waals surface area contributed by atoms with Gasteiger partial charge >= 0.3 is 0 Å². The van der Waals surface area contributed by atoms with Gasteiger partial charge in [0.05, 0.1) is 0 Å². The molecule has 112 valence electrons. The second kappa shape index (κ2) is 8.46. The predicted octanol–water partition coefficient (Wildman–Crippen LogP) is 5.51. The monoisotopic (exact) mass is 282 g/mol. The summed E-state index contributed by atoms with van der Waals surface area (Å²) in [5.74, 6) is 0.913. The van der Waals surface area contributed by atoms with Crippen LogP contribution in [0, 0.1) is 0 Å². The number of aromatic nitrogens is 1. The summed E-state index contributed by atoms with van der Waals surface area (Å²) in [5.41, 5.74) is 3.83. The van der Waals surface area contributed by atoms with E-state index in [1.54, 1.807) is 0 Å². The number of nitrogens with one attached hydrogen (secondary N) is 1. The number of nitrogens with zero attached hydrogens (tertiary/aromatic N) is 1. The molecule has 0 amide bonds. The lowest BCUT2D eigenvalue weighted by molar-refractivity contribution is 0.792. The molecule has 0 aliphatic carbocycles. The molecular weight excluding hydrogens is 256 g/mol. The highest BCUT2D eigenvalue weighted by molar-refractivity contribution is 5.56. The first-order chi connectivity index (χ1) is 10.3. The highest BCUT2D eigenvalue weighted by Gasteiger charge is 1.98. The normalized spacial score (nSPS) is 10.6. The first-order valence-corrected chi connectivity index (χ1v) is 8.12. The molecule has 1 aromatic heterocycles. The molecule has 0 radical (unpaired) electrons. The van der Waals surface area contributed by atoms with Crippen molar-refractivity contribution in [3.63, 3.8) is 0 Å². The Morgan fingerprint density at radius 3 is 2.00 bits per heavy atom. The molecular formula is C19H26N2. The smallest absolute Gasteiger partial charge is 0.130 e. The molecule has 0 saturated heterocycles. The topological polar surface area (TPSA) is 24.9 Å². The Kier molecular flexibility index (Phi) is 6.26. The minimum absolute atomic E-state index is 0.913. The number of rotatable bonds is 8. The minimum atomic E-state index is 0.913. The molecule has 0 fully saturated rings.